The molecule has 0 heterocycles. The molecule has 0 amide bonds. The fourth-order valence-electron chi connectivity index (χ4n) is 2.02. The molecule has 1 unspecified atom stereocenters. The summed E-state index contributed by atoms with van der Waals surface area (Å²) in [6.45, 7) is -0.983. The van der Waals surface area contributed by atoms with E-state index in [4.69, 9.17) is 0 Å². The van der Waals surface area contributed by atoms with Crippen molar-refractivity contribution in [2.24, 2.45) is 0 Å². The maximum atomic E-state index is 13.5. The van der Waals surface area contributed by atoms with Gasteiger partial charge in [0.05, 0.1) is 0 Å². The second-order valence-electron chi connectivity index (χ2n) is 4.79. The Hall–Kier alpha value is -2.08. The SMILES string of the molecule is CC(NCc1cc(F)ccc1F)c1cccc(OC(F)F)c1. The molecule has 2 rings (SSSR count). The van der Waals surface area contributed by atoms with E-state index in [1.165, 1.54) is 12.1 Å². The van der Waals surface area contributed by atoms with Gasteiger partial charge in [-0.15, -0.1) is 0 Å². The molecule has 0 aliphatic rings. The zero-order valence-corrected chi connectivity index (χ0v) is 11.8. The van der Waals surface area contributed by atoms with Gasteiger partial charge >= 0.3 is 6.61 Å². The smallest absolute Gasteiger partial charge is 0.387 e. The van der Waals surface area contributed by atoms with Crippen molar-refractivity contribution in [3.63, 3.8) is 0 Å². The summed E-state index contributed by atoms with van der Waals surface area (Å²) in [6, 6.07) is 9.21. The van der Waals surface area contributed by atoms with Gasteiger partial charge in [0, 0.05) is 18.2 Å². The summed E-state index contributed by atoms with van der Waals surface area (Å²) in [4.78, 5) is 0. The van der Waals surface area contributed by atoms with Crippen LogP contribution in [-0.4, -0.2) is 6.61 Å². The van der Waals surface area contributed by atoms with E-state index in [9.17, 15) is 17.6 Å². The minimum Gasteiger partial charge on any atom is -0.435 e. The molecule has 0 radical (unpaired) electrons. The van der Waals surface area contributed by atoms with E-state index < -0.39 is 18.2 Å². The van der Waals surface area contributed by atoms with Gasteiger partial charge in [-0.3, -0.25) is 0 Å². The van der Waals surface area contributed by atoms with Crippen LogP contribution in [0.25, 0.3) is 0 Å². The first-order valence-corrected chi connectivity index (χ1v) is 6.68. The molecule has 0 aliphatic heterocycles. The van der Waals surface area contributed by atoms with Crippen molar-refractivity contribution in [2.45, 2.75) is 26.1 Å². The van der Waals surface area contributed by atoms with E-state index in [2.05, 4.69) is 10.1 Å². The minimum absolute atomic E-state index is 0.0538. The fraction of sp³-hybridized carbons (Fsp3) is 0.250. The zero-order chi connectivity index (χ0) is 16.1. The molecule has 0 saturated carbocycles. The summed E-state index contributed by atoms with van der Waals surface area (Å²) >= 11 is 0. The van der Waals surface area contributed by atoms with Gasteiger partial charge in [0.1, 0.15) is 17.4 Å². The van der Waals surface area contributed by atoms with Gasteiger partial charge in [0.2, 0.25) is 0 Å². The Morgan fingerprint density at radius 1 is 1.09 bits per heavy atom. The molecular weight excluding hydrogens is 298 g/mol. The quantitative estimate of drug-likeness (QED) is 0.797. The highest BCUT2D eigenvalue weighted by atomic mass is 19.3. The van der Waals surface area contributed by atoms with Crippen LogP contribution < -0.4 is 10.1 Å². The summed E-state index contributed by atoms with van der Waals surface area (Å²) in [5.41, 5.74) is 0.904. The third kappa shape index (κ3) is 4.46. The second kappa shape index (κ2) is 7.26. The lowest BCUT2D eigenvalue weighted by Gasteiger charge is -2.16. The molecule has 1 atom stereocenters. The number of benzene rings is 2. The average molecular weight is 313 g/mol. The van der Waals surface area contributed by atoms with Crippen molar-refractivity contribution in [3.05, 3.63) is 65.2 Å². The number of rotatable bonds is 6. The molecule has 1 N–H and O–H groups in total. The van der Waals surface area contributed by atoms with Gasteiger partial charge < -0.3 is 10.1 Å². The first-order valence-electron chi connectivity index (χ1n) is 6.68. The largest absolute Gasteiger partial charge is 0.435 e. The lowest BCUT2D eigenvalue weighted by atomic mass is 10.1. The first kappa shape index (κ1) is 16.3. The molecule has 0 bridgehead atoms. The van der Waals surface area contributed by atoms with E-state index in [1.54, 1.807) is 19.1 Å². The summed E-state index contributed by atoms with van der Waals surface area (Å²) < 4.78 is 55.3. The highest BCUT2D eigenvalue weighted by molar-refractivity contribution is 5.30. The van der Waals surface area contributed by atoms with Gasteiger partial charge in [-0.25, -0.2) is 8.78 Å². The summed E-state index contributed by atoms with van der Waals surface area (Å²) in [7, 11) is 0. The van der Waals surface area contributed by atoms with Gasteiger partial charge in [0.25, 0.3) is 0 Å². The van der Waals surface area contributed by atoms with Crippen LogP contribution in [0.5, 0.6) is 5.75 Å². The molecule has 22 heavy (non-hydrogen) atoms. The number of hydrogen-bond donors (Lipinski definition) is 1. The molecule has 0 fully saturated rings. The fourth-order valence-corrected chi connectivity index (χ4v) is 2.02. The number of nitrogens with one attached hydrogen (secondary N) is 1. The maximum Gasteiger partial charge on any atom is 0.387 e. The van der Waals surface area contributed by atoms with E-state index in [-0.39, 0.29) is 23.9 Å². The summed E-state index contributed by atoms with van der Waals surface area (Å²) in [5.74, 6) is -0.966. The molecule has 2 aromatic rings. The molecule has 2 aromatic carbocycles. The highest BCUT2D eigenvalue weighted by Gasteiger charge is 2.10. The maximum absolute atomic E-state index is 13.5. The Labute approximate surface area is 125 Å². The molecule has 0 aliphatic carbocycles. The summed E-state index contributed by atoms with van der Waals surface area (Å²) in [6.07, 6.45) is 0. The minimum atomic E-state index is -2.89. The number of alkyl halides is 2. The molecule has 0 aromatic heterocycles. The first-order chi connectivity index (χ1) is 10.5. The Morgan fingerprint density at radius 3 is 2.59 bits per heavy atom. The van der Waals surface area contributed by atoms with E-state index >= 15 is 0 Å². The third-order valence-corrected chi connectivity index (χ3v) is 3.19. The number of ether oxygens (including phenoxy) is 1. The lowest BCUT2D eigenvalue weighted by Crippen LogP contribution is -2.19. The molecule has 0 saturated heterocycles. The van der Waals surface area contributed by atoms with Crippen LogP contribution in [0.2, 0.25) is 0 Å². The standard InChI is InChI=1S/C16H15F4NO/c1-10(11-3-2-4-14(8-11)22-16(19)20)21-9-12-7-13(17)5-6-15(12)18/h2-8,10,16,21H,9H2,1H3. The number of hydrogen-bond acceptors (Lipinski definition) is 2. The second-order valence-corrected chi connectivity index (χ2v) is 4.79. The van der Waals surface area contributed by atoms with Gasteiger partial charge in [-0.05, 0) is 42.8 Å². The Balaban J connectivity index is 2.03. The van der Waals surface area contributed by atoms with E-state index in [0.717, 1.165) is 18.2 Å². The van der Waals surface area contributed by atoms with Crippen molar-refractivity contribution in [3.8, 4) is 5.75 Å². The Bertz CT molecular complexity index is 633. The van der Waals surface area contributed by atoms with E-state index in [0.29, 0.717) is 5.56 Å². The highest BCUT2D eigenvalue weighted by Crippen LogP contribution is 2.21. The third-order valence-electron chi connectivity index (χ3n) is 3.19. The van der Waals surface area contributed by atoms with Crippen molar-refractivity contribution >= 4 is 0 Å². The Morgan fingerprint density at radius 2 is 1.86 bits per heavy atom. The van der Waals surface area contributed by atoms with Crippen LogP contribution in [0.4, 0.5) is 17.6 Å². The van der Waals surface area contributed by atoms with Gasteiger partial charge in [0.15, 0.2) is 0 Å². The van der Waals surface area contributed by atoms with Crippen LogP contribution in [0.15, 0.2) is 42.5 Å². The molecule has 118 valence electrons. The Kier molecular flexibility index (Phi) is 5.38. The molecule has 6 heteroatoms. The van der Waals surface area contributed by atoms with Crippen LogP contribution in [0, 0.1) is 11.6 Å². The van der Waals surface area contributed by atoms with Crippen LogP contribution in [0.3, 0.4) is 0 Å². The monoisotopic (exact) mass is 313 g/mol. The van der Waals surface area contributed by atoms with Crippen molar-refractivity contribution in [1.82, 2.24) is 5.32 Å². The van der Waals surface area contributed by atoms with Crippen molar-refractivity contribution < 1.29 is 22.3 Å². The van der Waals surface area contributed by atoms with Crippen molar-refractivity contribution in [1.29, 1.82) is 0 Å². The average Bonchev–Trinajstić information content (AvgIpc) is 2.47. The predicted octanol–water partition coefficient (Wildman–Crippen LogP) is 4.42. The molecular formula is C16H15F4NO. The topological polar surface area (TPSA) is 21.3 Å². The van der Waals surface area contributed by atoms with Gasteiger partial charge in [-0.2, -0.15) is 8.78 Å². The van der Waals surface area contributed by atoms with Crippen LogP contribution in [-0.2, 0) is 6.54 Å². The lowest BCUT2D eigenvalue weighted by molar-refractivity contribution is -0.0499. The van der Waals surface area contributed by atoms with Crippen LogP contribution in [0.1, 0.15) is 24.1 Å². The molecule has 0 spiro atoms. The van der Waals surface area contributed by atoms with E-state index in [1.807, 2.05) is 0 Å². The van der Waals surface area contributed by atoms with Gasteiger partial charge in [-0.1, -0.05) is 12.1 Å². The summed E-state index contributed by atoms with van der Waals surface area (Å²) in [5, 5.41) is 3.01. The zero-order valence-electron chi connectivity index (χ0n) is 11.8. The molecule has 2 nitrogen and oxygen atoms in total. The number of halogens is 4. The van der Waals surface area contributed by atoms with Crippen molar-refractivity contribution in [2.75, 3.05) is 0 Å². The predicted molar refractivity (Wildman–Crippen MR) is 74.7 cm³/mol. The van der Waals surface area contributed by atoms with Crippen LogP contribution >= 0.6 is 0 Å². The normalized spacial score (nSPS) is 12.5.